The summed E-state index contributed by atoms with van der Waals surface area (Å²) in [5.41, 5.74) is 2.25. The van der Waals surface area contributed by atoms with Gasteiger partial charge in [-0.2, -0.15) is 5.26 Å². The first-order valence-electron chi connectivity index (χ1n) is 5.86. The van der Waals surface area contributed by atoms with Crippen molar-refractivity contribution >= 4 is 44.1 Å². The number of benzene rings is 1. The van der Waals surface area contributed by atoms with Gasteiger partial charge in [0.15, 0.2) is 5.13 Å². The average molecular weight is 301 g/mol. The maximum Gasteiger partial charge on any atom is 0.189 e. The largest absolute Gasteiger partial charge is 0.316 e. The van der Waals surface area contributed by atoms with Crippen LogP contribution in [0.2, 0.25) is 5.02 Å². The third-order valence-electron chi connectivity index (χ3n) is 2.67. The van der Waals surface area contributed by atoms with Gasteiger partial charge in [-0.1, -0.05) is 22.9 Å². The molecule has 1 N–H and O–H groups in total. The van der Waals surface area contributed by atoms with E-state index in [1.807, 2.05) is 25.1 Å². The van der Waals surface area contributed by atoms with Crippen LogP contribution in [0.3, 0.4) is 0 Å². The highest BCUT2D eigenvalue weighted by Crippen LogP contribution is 2.29. The lowest BCUT2D eigenvalue weighted by molar-refractivity contribution is 1.19. The third-order valence-corrected chi connectivity index (χ3v) is 3.84. The van der Waals surface area contributed by atoms with Gasteiger partial charge in [-0.3, -0.25) is 0 Å². The van der Waals surface area contributed by atoms with Gasteiger partial charge in [0.25, 0.3) is 0 Å². The van der Waals surface area contributed by atoms with E-state index in [2.05, 4.69) is 21.4 Å². The monoisotopic (exact) mass is 300 g/mol. The third kappa shape index (κ3) is 2.57. The number of rotatable bonds is 2. The van der Waals surface area contributed by atoms with Crippen molar-refractivity contribution in [2.45, 2.75) is 6.92 Å². The van der Waals surface area contributed by atoms with Gasteiger partial charge in [0, 0.05) is 10.7 Å². The number of hydrogen-bond acceptors (Lipinski definition) is 5. The average Bonchev–Trinajstić information content (AvgIpc) is 2.79. The van der Waals surface area contributed by atoms with Crippen LogP contribution in [0.1, 0.15) is 11.3 Å². The molecule has 1 aromatic carbocycles. The van der Waals surface area contributed by atoms with E-state index in [0.29, 0.717) is 16.4 Å². The fourth-order valence-corrected chi connectivity index (χ4v) is 3.01. The van der Waals surface area contributed by atoms with Gasteiger partial charge in [0.2, 0.25) is 0 Å². The minimum Gasteiger partial charge on any atom is -0.316 e. The highest BCUT2D eigenvalue weighted by molar-refractivity contribution is 7.22. The molecule has 6 heteroatoms. The van der Waals surface area contributed by atoms with E-state index in [0.717, 1.165) is 21.0 Å². The molecular weight excluding hydrogens is 292 g/mol. The molecule has 0 bridgehead atoms. The van der Waals surface area contributed by atoms with E-state index >= 15 is 0 Å². The Labute approximate surface area is 124 Å². The summed E-state index contributed by atoms with van der Waals surface area (Å²) in [6, 6.07) is 11.1. The fourth-order valence-electron chi connectivity index (χ4n) is 1.86. The minimum atomic E-state index is 0.573. The quantitative estimate of drug-likeness (QED) is 0.768. The van der Waals surface area contributed by atoms with Crippen molar-refractivity contribution in [2.24, 2.45) is 0 Å². The number of nitriles is 1. The number of thiazole rings is 1. The Morgan fingerprint density at radius 1 is 1.25 bits per heavy atom. The van der Waals surface area contributed by atoms with Gasteiger partial charge < -0.3 is 5.32 Å². The molecule has 0 aliphatic heterocycles. The van der Waals surface area contributed by atoms with E-state index in [4.69, 9.17) is 16.9 Å². The second-order valence-electron chi connectivity index (χ2n) is 4.25. The second-order valence-corrected chi connectivity index (χ2v) is 5.72. The summed E-state index contributed by atoms with van der Waals surface area (Å²) in [7, 11) is 0. The van der Waals surface area contributed by atoms with E-state index < -0.39 is 0 Å². The molecule has 20 heavy (non-hydrogen) atoms. The van der Waals surface area contributed by atoms with Crippen LogP contribution in [0.4, 0.5) is 10.9 Å². The number of aromatic nitrogens is 2. The van der Waals surface area contributed by atoms with Gasteiger partial charge in [-0.25, -0.2) is 9.97 Å². The first-order chi connectivity index (χ1) is 9.64. The number of halogens is 1. The standard InChI is InChI=1S/C14H9ClN4S/c1-8-4-9(7-16)5-13(17-8)19-14-18-11-3-2-10(15)6-12(11)20-14/h2-6H,1H3,(H,17,18,19). The Kier molecular flexibility index (Phi) is 3.26. The molecule has 0 fully saturated rings. The van der Waals surface area contributed by atoms with E-state index in [9.17, 15) is 0 Å². The molecule has 3 aromatic rings. The summed E-state index contributed by atoms with van der Waals surface area (Å²) < 4.78 is 1.01. The molecule has 0 unspecified atom stereocenters. The maximum absolute atomic E-state index is 8.96. The minimum absolute atomic E-state index is 0.573. The van der Waals surface area contributed by atoms with Gasteiger partial charge in [0.05, 0.1) is 21.8 Å². The Bertz CT molecular complexity index is 835. The maximum atomic E-state index is 8.96. The molecule has 0 atom stereocenters. The van der Waals surface area contributed by atoms with Crippen LogP contribution in [0.5, 0.6) is 0 Å². The highest BCUT2D eigenvalue weighted by Gasteiger charge is 2.06. The van der Waals surface area contributed by atoms with Crippen molar-refractivity contribution in [3.05, 3.63) is 46.6 Å². The van der Waals surface area contributed by atoms with Gasteiger partial charge in [-0.05, 0) is 37.3 Å². The van der Waals surface area contributed by atoms with Crippen LogP contribution in [0.25, 0.3) is 10.2 Å². The van der Waals surface area contributed by atoms with Crippen molar-refractivity contribution < 1.29 is 0 Å². The second kappa shape index (κ2) is 5.08. The molecule has 0 spiro atoms. The molecule has 98 valence electrons. The Balaban J connectivity index is 1.97. The molecule has 0 radical (unpaired) electrons. The molecular formula is C14H9ClN4S. The summed E-state index contributed by atoms with van der Waals surface area (Å²) in [6.07, 6.45) is 0. The SMILES string of the molecule is Cc1cc(C#N)cc(Nc2nc3ccc(Cl)cc3s2)n1. The Morgan fingerprint density at radius 3 is 2.90 bits per heavy atom. The van der Waals surface area contributed by atoms with Crippen LogP contribution < -0.4 is 5.32 Å². The highest BCUT2D eigenvalue weighted by atomic mass is 35.5. The molecule has 0 amide bonds. The molecule has 4 nitrogen and oxygen atoms in total. The molecule has 2 heterocycles. The van der Waals surface area contributed by atoms with Gasteiger partial charge in [0.1, 0.15) is 5.82 Å². The summed E-state index contributed by atoms with van der Waals surface area (Å²) in [6.45, 7) is 1.85. The molecule has 2 aromatic heterocycles. The lowest BCUT2D eigenvalue weighted by Gasteiger charge is -2.03. The van der Waals surface area contributed by atoms with E-state index in [1.54, 1.807) is 12.1 Å². The Hall–Kier alpha value is -2.16. The summed E-state index contributed by atoms with van der Waals surface area (Å²) >= 11 is 7.45. The number of aryl methyl sites for hydroxylation is 1. The van der Waals surface area contributed by atoms with Gasteiger partial charge >= 0.3 is 0 Å². The predicted octanol–water partition coefficient (Wildman–Crippen LogP) is 4.27. The van der Waals surface area contributed by atoms with Crippen LogP contribution >= 0.6 is 22.9 Å². The number of fused-ring (bicyclic) bond motifs is 1. The summed E-state index contributed by atoms with van der Waals surface area (Å²) in [4.78, 5) is 8.80. The summed E-state index contributed by atoms with van der Waals surface area (Å²) in [5.74, 6) is 0.617. The molecule has 0 aliphatic carbocycles. The van der Waals surface area contributed by atoms with Crippen molar-refractivity contribution in [3.63, 3.8) is 0 Å². The van der Waals surface area contributed by atoms with E-state index in [-0.39, 0.29) is 0 Å². The molecule has 0 saturated carbocycles. The fraction of sp³-hybridized carbons (Fsp3) is 0.0714. The zero-order valence-corrected chi connectivity index (χ0v) is 12.1. The van der Waals surface area contributed by atoms with Crippen LogP contribution in [-0.2, 0) is 0 Å². The topological polar surface area (TPSA) is 61.6 Å². The van der Waals surface area contributed by atoms with Crippen LogP contribution in [0.15, 0.2) is 30.3 Å². The number of pyridine rings is 1. The smallest absolute Gasteiger partial charge is 0.189 e. The van der Waals surface area contributed by atoms with Crippen molar-refractivity contribution in [2.75, 3.05) is 5.32 Å². The first kappa shape index (κ1) is 12.9. The number of anilines is 2. The zero-order valence-electron chi connectivity index (χ0n) is 10.5. The summed E-state index contributed by atoms with van der Waals surface area (Å²) in [5, 5.41) is 13.5. The first-order valence-corrected chi connectivity index (χ1v) is 7.05. The predicted molar refractivity (Wildman–Crippen MR) is 81.6 cm³/mol. The van der Waals surface area contributed by atoms with E-state index in [1.165, 1.54) is 11.3 Å². The van der Waals surface area contributed by atoms with Crippen LogP contribution in [0, 0.1) is 18.3 Å². The lowest BCUT2D eigenvalue weighted by atomic mass is 10.2. The number of nitrogens with one attached hydrogen (secondary N) is 1. The molecule has 3 rings (SSSR count). The number of hydrogen-bond donors (Lipinski definition) is 1. The van der Waals surface area contributed by atoms with Crippen molar-refractivity contribution in [1.82, 2.24) is 9.97 Å². The van der Waals surface area contributed by atoms with Crippen molar-refractivity contribution in [1.29, 1.82) is 5.26 Å². The normalized spacial score (nSPS) is 10.4. The van der Waals surface area contributed by atoms with Crippen molar-refractivity contribution in [3.8, 4) is 6.07 Å². The Morgan fingerprint density at radius 2 is 2.10 bits per heavy atom. The lowest BCUT2D eigenvalue weighted by Crippen LogP contribution is -1.95. The van der Waals surface area contributed by atoms with Crippen LogP contribution in [-0.4, -0.2) is 9.97 Å². The molecule has 0 saturated heterocycles. The molecule has 0 aliphatic rings. The number of nitrogens with zero attached hydrogens (tertiary/aromatic N) is 3. The van der Waals surface area contributed by atoms with Gasteiger partial charge in [-0.15, -0.1) is 0 Å². The zero-order chi connectivity index (χ0) is 14.1.